The van der Waals surface area contributed by atoms with Crippen molar-refractivity contribution in [1.82, 2.24) is 15.1 Å². The van der Waals surface area contributed by atoms with Gasteiger partial charge in [0.05, 0.1) is 12.7 Å². The molecule has 2 N–H and O–H groups in total. The number of hydrogen-bond acceptors (Lipinski definition) is 3. The van der Waals surface area contributed by atoms with Crippen molar-refractivity contribution in [2.24, 2.45) is 0 Å². The molecule has 2 rings (SSSR count). The molecule has 0 fully saturated rings. The number of phenols is 1. The van der Waals surface area contributed by atoms with Crippen molar-refractivity contribution in [3.05, 3.63) is 47.3 Å². The lowest BCUT2D eigenvalue weighted by Crippen LogP contribution is -2.35. The molecule has 108 valence electrons. The first-order chi connectivity index (χ1) is 9.35. The smallest absolute Gasteiger partial charge is 0.115 e. The molecule has 0 aliphatic carbocycles. The van der Waals surface area contributed by atoms with Crippen LogP contribution in [0.25, 0.3) is 0 Å². The highest BCUT2D eigenvalue weighted by atomic mass is 16.3. The van der Waals surface area contributed by atoms with Crippen molar-refractivity contribution in [2.45, 2.75) is 46.3 Å². The maximum absolute atomic E-state index is 9.30. The van der Waals surface area contributed by atoms with Crippen LogP contribution in [-0.4, -0.2) is 20.4 Å². The first-order valence-corrected chi connectivity index (χ1v) is 6.89. The molecule has 0 bridgehead atoms. The number of hydrogen-bond donors (Lipinski definition) is 2. The summed E-state index contributed by atoms with van der Waals surface area (Å²) < 4.78 is 1.99. The van der Waals surface area contributed by atoms with Crippen molar-refractivity contribution >= 4 is 0 Å². The van der Waals surface area contributed by atoms with Gasteiger partial charge in [0.1, 0.15) is 5.75 Å². The number of aromatic hydroxyl groups is 1. The topological polar surface area (TPSA) is 50.1 Å². The molecule has 0 unspecified atom stereocenters. The zero-order valence-corrected chi connectivity index (χ0v) is 12.6. The molecular weight excluding hydrogens is 250 g/mol. The lowest BCUT2D eigenvalue weighted by atomic mass is 10.1. The standard InChI is InChI=1S/C16H23N3O/c1-12-14(9-17-16(2,3)4)10-18-19(12)11-13-5-7-15(20)8-6-13/h5-8,10,17,20H,9,11H2,1-4H3. The molecule has 4 nitrogen and oxygen atoms in total. The molecule has 20 heavy (non-hydrogen) atoms. The molecule has 0 radical (unpaired) electrons. The third-order valence-electron chi connectivity index (χ3n) is 3.28. The highest BCUT2D eigenvalue weighted by Crippen LogP contribution is 2.14. The van der Waals surface area contributed by atoms with Crippen molar-refractivity contribution in [1.29, 1.82) is 0 Å². The van der Waals surface area contributed by atoms with Crippen molar-refractivity contribution in [2.75, 3.05) is 0 Å². The van der Waals surface area contributed by atoms with Crippen LogP contribution in [0.3, 0.4) is 0 Å². The van der Waals surface area contributed by atoms with E-state index in [1.807, 2.05) is 23.0 Å². The van der Waals surface area contributed by atoms with Gasteiger partial charge >= 0.3 is 0 Å². The fraction of sp³-hybridized carbons (Fsp3) is 0.438. The van der Waals surface area contributed by atoms with Gasteiger partial charge in [-0.3, -0.25) is 4.68 Å². The average molecular weight is 273 g/mol. The van der Waals surface area contributed by atoms with E-state index in [-0.39, 0.29) is 5.54 Å². The van der Waals surface area contributed by atoms with E-state index in [1.54, 1.807) is 12.1 Å². The summed E-state index contributed by atoms with van der Waals surface area (Å²) in [6.45, 7) is 10.1. The van der Waals surface area contributed by atoms with Gasteiger partial charge in [0.25, 0.3) is 0 Å². The first-order valence-electron chi connectivity index (χ1n) is 6.89. The summed E-state index contributed by atoms with van der Waals surface area (Å²) in [6, 6.07) is 7.25. The Hall–Kier alpha value is -1.81. The average Bonchev–Trinajstić information content (AvgIpc) is 2.70. The van der Waals surface area contributed by atoms with Gasteiger partial charge in [-0.05, 0) is 45.4 Å². The quantitative estimate of drug-likeness (QED) is 0.900. The summed E-state index contributed by atoms with van der Waals surface area (Å²) in [7, 11) is 0. The molecule has 0 amide bonds. The van der Waals surface area contributed by atoms with Gasteiger partial charge in [0.2, 0.25) is 0 Å². The Balaban J connectivity index is 2.07. The number of benzene rings is 1. The van der Waals surface area contributed by atoms with Crippen LogP contribution in [0.4, 0.5) is 0 Å². The minimum absolute atomic E-state index is 0.103. The third kappa shape index (κ3) is 3.84. The molecule has 1 aromatic heterocycles. The Labute approximate surface area is 120 Å². The van der Waals surface area contributed by atoms with Crippen LogP contribution in [0.1, 0.15) is 37.6 Å². The van der Waals surface area contributed by atoms with E-state index in [4.69, 9.17) is 0 Å². The molecule has 0 spiro atoms. The number of aromatic nitrogens is 2. The molecule has 1 aromatic carbocycles. The predicted molar refractivity (Wildman–Crippen MR) is 80.8 cm³/mol. The van der Waals surface area contributed by atoms with Gasteiger partial charge in [0, 0.05) is 23.3 Å². The van der Waals surface area contributed by atoms with E-state index in [2.05, 4.69) is 38.1 Å². The highest BCUT2D eigenvalue weighted by molar-refractivity contribution is 5.26. The van der Waals surface area contributed by atoms with Crippen molar-refractivity contribution < 1.29 is 5.11 Å². The van der Waals surface area contributed by atoms with Gasteiger partial charge < -0.3 is 10.4 Å². The molecule has 2 aromatic rings. The van der Waals surface area contributed by atoms with Crippen LogP contribution < -0.4 is 5.32 Å². The minimum atomic E-state index is 0.103. The lowest BCUT2D eigenvalue weighted by molar-refractivity contribution is 0.423. The normalized spacial score (nSPS) is 11.8. The Morgan fingerprint density at radius 1 is 1.20 bits per heavy atom. The fourth-order valence-corrected chi connectivity index (χ4v) is 1.95. The number of rotatable bonds is 4. The lowest BCUT2D eigenvalue weighted by Gasteiger charge is -2.20. The Morgan fingerprint density at radius 2 is 1.85 bits per heavy atom. The maximum atomic E-state index is 9.30. The summed E-state index contributed by atoms with van der Waals surface area (Å²) in [5, 5.41) is 17.2. The van der Waals surface area contributed by atoms with Crippen LogP contribution in [0.15, 0.2) is 30.5 Å². The van der Waals surface area contributed by atoms with Crippen molar-refractivity contribution in [3.63, 3.8) is 0 Å². The number of nitrogens with zero attached hydrogens (tertiary/aromatic N) is 2. The number of nitrogens with one attached hydrogen (secondary N) is 1. The molecule has 0 aliphatic heterocycles. The Kier molecular flexibility index (Phi) is 4.14. The molecule has 0 saturated carbocycles. The second-order valence-electron chi connectivity index (χ2n) is 6.18. The van der Waals surface area contributed by atoms with Gasteiger partial charge in [-0.25, -0.2) is 0 Å². The highest BCUT2D eigenvalue weighted by Gasteiger charge is 2.12. The van der Waals surface area contributed by atoms with Crippen molar-refractivity contribution in [3.8, 4) is 5.75 Å². The molecule has 1 heterocycles. The molecule has 0 atom stereocenters. The van der Waals surface area contributed by atoms with E-state index in [1.165, 1.54) is 11.3 Å². The molecular formula is C16H23N3O. The summed E-state index contributed by atoms with van der Waals surface area (Å²) in [5.74, 6) is 0.293. The Bertz CT molecular complexity index is 564. The SMILES string of the molecule is Cc1c(CNC(C)(C)C)cnn1Cc1ccc(O)cc1. The Morgan fingerprint density at radius 3 is 2.45 bits per heavy atom. The van der Waals surface area contributed by atoms with E-state index < -0.39 is 0 Å². The summed E-state index contributed by atoms with van der Waals surface area (Å²) in [6.07, 6.45) is 1.93. The predicted octanol–water partition coefficient (Wildman–Crippen LogP) is 2.83. The van der Waals surface area contributed by atoms with E-state index >= 15 is 0 Å². The first kappa shape index (κ1) is 14.6. The fourth-order valence-electron chi connectivity index (χ4n) is 1.95. The van der Waals surface area contributed by atoms with Crippen LogP contribution in [0.2, 0.25) is 0 Å². The second-order valence-corrected chi connectivity index (χ2v) is 6.18. The van der Waals surface area contributed by atoms with Gasteiger partial charge in [0.15, 0.2) is 0 Å². The second kappa shape index (κ2) is 5.67. The van der Waals surface area contributed by atoms with E-state index in [9.17, 15) is 5.11 Å². The van der Waals surface area contributed by atoms with E-state index in [0.717, 1.165) is 18.7 Å². The monoisotopic (exact) mass is 273 g/mol. The summed E-state index contributed by atoms with van der Waals surface area (Å²) in [5.41, 5.74) is 3.63. The number of phenolic OH excluding ortho intramolecular Hbond substituents is 1. The zero-order chi connectivity index (χ0) is 14.8. The third-order valence-corrected chi connectivity index (χ3v) is 3.28. The minimum Gasteiger partial charge on any atom is -0.508 e. The molecule has 0 saturated heterocycles. The van der Waals surface area contributed by atoms with Gasteiger partial charge in [-0.2, -0.15) is 5.10 Å². The van der Waals surface area contributed by atoms with E-state index in [0.29, 0.717) is 5.75 Å². The largest absolute Gasteiger partial charge is 0.508 e. The summed E-state index contributed by atoms with van der Waals surface area (Å²) >= 11 is 0. The molecule has 4 heteroatoms. The zero-order valence-electron chi connectivity index (χ0n) is 12.6. The van der Waals surface area contributed by atoms with Crippen LogP contribution in [0, 0.1) is 6.92 Å². The van der Waals surface area contributed by atoms with Crippen LogP contribution in [0.5, 0.6) is 5.75 Å². The summed E-state index contributed by atoms with van der Waals surface area (Å²) in [4.78, 5) is 0. The molecule has 0 aliphatic rings. The van der Waals surface area contributed by atoms with Gasteiger partial charge in [-0.15, -0.1) is 0 Å². The van der Waals surface area contributed by atoms with Crippen LogP contribution >= 0.6 is 0 Å². The maximum Gasteiger partial charge on any atom is 0.115 e. The van der Waals surface area contributed by atoms with Gasteiger partial charge in [-0.1, -0.05) is 12.1 Å². The van der Waals surface area contributed by atoms with Crippen LogP contribution in [-0.2, 0) is 13.1 Å².